The van der Waals surface area contributed by atoms with Crippen LogP contribution in [0.5, 0.6) is 0 Å². The van der Waals surface area contributed by atoms with E-state index in [9.17, 15) is 9.90 Å². The Kier molecular flexibility index (Phi) is 3.73. The third-order valence-electron chi connectivity index (χ3n) is 4.22. The second-order valence-corrected chi connectivity index (χ2v) is 5.74. The third kappa shape index (κ3) is 2.96. The van der Waals surface area contributed by atoms with E-state index < -0.39 is 11.4 Å². The Morgan fingerprint density at radius 3 is 2.62 bits per heavy atom. The molecule has 0 saturated heterocycles. The first-order valence-electron chi connectivity index (χ1n) is 7.27. The van der Waals surface area contributed by atoms with Crippen LogP contribution in [-0.4, -0.2) is 21.2 Å². The van der Waals surface area contributed by atoms with Crippen LogP contribution in [0.25, 0.3) is 0 Å². The molecule has 0 spiro atoms. The Balaban J connectivity index is 1.72. The predicted octanol–water partition coefficient (Wildman–Crippen LogP) is 2.85. The zero-order valence-corrected chi connectivity index (χ0v) is 11.8. The van der Waals surface area contributed by atoms with Crippen molar-refractivity contribution in [3.63, 3.8) is 0 Å². The molecule has 21 heavy (non-hydrogen) atoms. The predicted molar refractivity (Wildman–Crippen MR) is 75.8 cm³/mol. The molecule has 110 valence electrons. The van der Waals surface area contributed by atoms with Gasteiger partial charge in [-0.3, -0.25) is 4.79 Å². The van der Waals surface area contributed by atoms with E-state index in [2.05, 4.69) is 10.1 Å². The van der Waals surface area contributed by atoms with E-state index in [1.54, 1.807) is 0 Å². The van der Waals surface area contributed by atoms with Crippen LogP contribution in [0, 0.1) is 5.41 Å². The number of aliphatic carboxylic acids is 1. The summed E-state index contributed by atoms with van der Waals surface area (Å²) in [4.78, 5) is 15.9. The number of hydrogen-bond acceptors (Lipinski definition) is 4. The maximum absolute atomic E-state index is 11.5. The van der Waals surface area contributed by atoms with Crippen LogP contribution in [0.2, 0.25) is 0 Å². The Hall–Kier alpha value is -2.17. The van der Waals surface area contributed by atoms with E-state index in [0.29, 0.717) is 37.4 Å². The van der Waals surface area contributed by atoms with Gasteiger partial charge in [-0.05, 0) is 18.4 Å². The molecule has 5 nitrogen and oxygen atoms in total. The molecule has 0 unspecified atom stereocenters. The first kappa shape index (κ1) is 13.8. The summed E-state index contributed by atoms with van der Waals surface area (Å²) in [7, 11) is 0. The lowest BCUT2D eigenvalue weighted by molar-refractivity contribution is -0.148. The number of rotatable bonds is 5. The van der Waals surface area contributed by atoms with Gasteiger partial charge in [-0.2, -0.15) is 4.98 Å². The molecule has 1 aliphatic carbocycles. The van der Waals surface area contributed by atoms with E-state index in [-0.39, 0.29) is 0 Å². The molecular weight excluding hydrogens is 268 g/mol. The summed E-state index contributed by atoms with van der Waals surface area (Å²) < 4.78 is 5.25. The topological polar surface area (TPSA) is 76.2 Å². The molecule has 0 radical (unpaired) electrons. The molecule has 3 rings (SSSR count). The minimum absolute atomic E-state index is 0.337. The molecule has 0 bridgehead atoms. The average Bonchev–Trinajstić information content (AvgIpc) is 3.11. The molecule has 1 aromatic carbocycles. The Morgan fingerprint density at radius 2 is 1.95 bits per heavy atom. The highest BCUT2D eigenvalue weighted by Crippen LogP contribution is 2.40. The van der Waals surface area contributed by atoms with Crippen LogP contribution in [-0.2, 0) is 17.6 Å². The first-order valence-corrected chi connectivity index (χ1v) is 7.27. The highest BCUT2D eigenvalue weighted by Gasteiger charge is 2.42. The van der Waals surface area contributed by atoms with Crippen LogP contribution in [0.4, 0.5) is 0 Å². The molecular formula is C16H18N2O3. The van der Waals surface area contributed by atoms with Gasteiger partial charge in [0.1, 0.15) is 0 Å². The van der Waals surface area contributed by atoms with E-state index in [0.717, 1.165) is 18.4 Å². The van der Waals surface area contributed by atoms with E-state index >= 15 is 0 Å². The van der Waals surface area contributed by atoms with Gasteiger partial charge >= 0.3 is 5.97 Å². The van der Waals surface area contributed by atoms with Gasteiger partial charge in [0.15, 0.2) is 5.82 Å². The third-order valence-corrected chi connectivity index (χ3v) is 4.22. The molecule has 1 aliphatic rings. The monoisotopic (exact) mass is 286 g/mol. The minimum Gasteiger partial charge on any atom is -0.481 e. The largest absolute Gasteiger partial charge is 0.481 e. The summed E-state index contributed by atoms with van der Waals surface area (Å²) in [6.07, 6.45) is 4.24. The van der Waals surface area contributed by atoms with Gasteiger partial charge in [-0.1, -0.05) is 48.3 Å². The van der Waals surface area contributed by atoms with Crippen molar-refractivity contribution in [2.24, 2.45) is 5.41 Å². The van der Waals surface area contributed by atoms with Crippen LogP contribution < -0.4 is 0 Å². The first-order chi connectivity index (χ1) is 10.2. The normalized spacial score (nSPS) is 17.0. The van der Waals surface area contributed by atoms with Crippen LogP contribution in [0.3, 0.4) is 0 Å². The zero-order chi connectivity index (χ0) is 14.7. The lowest BCUT2D eigenvalue weighted by Crippen LogP contribution is -2.30. The van der Waals surface area contributed by atoms with Gasteiger partial charge in [0.25, 0.3) is 0 Å². The summed E-state index contributed by atoms with van der Waals surface area (Å²) in [5.74, 6) is 0.294. The minimum atomic E-state index is -0.747. The molecule has 1 heterocycles. The van der Waals surface area contributed by atoms with Gasteiger partial charge < -0.3 is 9.63 Å². The summed E-state index contributed by atoms with van der Waals surface area (Å²) in [5.41, 5.74) is 0.398. The van der Waals surface area contributed by atoms with Crippen molar-refractivity contribution >= 4 is 5.97 Å². The molecule has 2 aromatic rings. The summed E-state index contributed by atoms with van der Waals surface area (Å²) in [5, 5.41) is 13.4. The van der Waals surface area contributed by atoms with Crippen molar-refractivity contribution in [1.29, 1.82) is 0 Å². The van der Waals surface area contributed by atoms with Crippen LogP contribution >= 0.6 is 0 Å². The molecule has 1 fully saturated rings. The number of benzene rings is 1. The van der Waals surface area contributed by atoms with Crippen molar-refractivity contribution in [2.75, 3.05) is 0 Å². The van der Waals surface area contributed by atoms with Crippen molar-refractivity contribution in [2.45, 2.75) is 38.5 Å². The number of carbonyl (C=O) groups is 1. The molecule has 0 atom stereocenters. The Morgan fingerprint density at radius 1 is 1.24 bits per heavy atom. The second-order valence-electron chi connectivity index (χ2n) is 5.74. The standard InChI is InChI=1S/C16H18N2O3/c19-15(20)16(8-4-5-9-16)11-14-17-13(18-21-14)10-12-6-2-1-3-7-12/h1-3,6-7H,4-5,8-11H2,(H,19,20). The molecule has 0 aliphatic heterocycles. The fourth-order valence-electron chi connectivity index (χ4n) is 3.02. The molecule has 1 saturated carbocycles. The zero-order valence-electron chi connectivity index (χ0n) is 11.8. The van der Waals surface area contributed by atoms with Gasteiger partial charge in [-0.25, -0.2) is 0 Å². The van der Waals surface area contributed by atoms with Crippen LogP contribution in [0.15, 0.2) is 34.9 Å². The maximum atomic E-state index is 11.5. The molecule has 1 aromatic heterocycles. The van der Waals surface area contributed by atoms with Gasteiger partial charge in [0, 0.05) is 12.8 Å². The Labute approximate surface area is 123 Å². The van der Waals surface area contributed by atoms with Crippen molar-refractivity contribution in [3.05, 3.63) is 47.6 Å². The smallest absolute Gasteiger partial charge is 0.310 e. The average molecular weight is 286 g/mol. The number of aromatic nitrogens is 2. The molecule has 1 N–H and O–H groups in total. The van der Waals surface area contributed by atoms with E-state index in [1.807, 2.05) is 30.3 Å². The highest BCUT2D eigenvalue weighted by molar-refractivity contribution is 5.75. The van der Waals surface area contributed by atoms with E-state index in [4.69, 9.17) is 4.52 Å². The van der Waals surface area contributed by atoms with Gasteiger partial charge in [0.05, 0.1) is 5.41 Å². The lowest BCUT2D eigenvalue weighted by atomic mass is 9.83. The fourth-order valence-corrected chi connectivity index (χ4v) is 3.02. The lowest BCUT2D eigenvalue weighted by Gasteiger charge is -2.21. The Bertz CT molecular complexity index is 615. The quantitative estimate of drug-likeness (QED) is 0.914. The van der Waals surface area contributed by atoms with Crippen molar-refractivity contribution in [1.82, 2.24) is 10.1 Å². The SMILES string of the molecule is O=C(O)C1(Cc2nc(Cc3ccccc3)no2)CCCC1. The summed E-state index contributed by atoms with van der Waals surface area (Å²) in [6, 6.07) is 9.90. The fraction of sp³-hybridized carbons (Fsp3) is 0.438. The van der Waals surface area contributed by atoms with Gasteiger partial charge in [0.2, 0.25) is 5.89 Å². The second kappa shape index (κ2) is 5.68. The highest BCUT2D eigenvalue weighted by atomic mass is 16.5. The van der Waals surface area contributed by atoms with Crippen molar-refractivity contribution < 1.29 is 14.4 Å². The molecule has 0 amide bonds. The summed E-state index contributed by atoms with van der Waals surface area (Å²) in [6.45, 7) is 0. The number of hydrogen-bond donors (Lipinski definition) is 1. The number of carboxylic acids is 1. The number of nitrogens with zero attached hydrogens (tertiary/aromatic N) is 2. The summed E-state index contributed by atoms with van der Waals surface area (Å²) >= 11 is 0. The maximum Gasteiger partial charge on any atom is 0.310 e. The van der Waals surface area contributed by atoms with E-state index in [1.165, 1.54) is 0 Å². The van der Waals surface area contributed by atoms with Gasteiger partial charge in [-0.15, -0.1) is 0 Å². The van der Waals surface area contributed by atoms with Crippen LogP contribution in [0.1, 0.15) is 43.0 Å². The molecule has 5 heteroatoms. The number of carboxylic acid groups (broad SMARTS) is 1. The van der Waals surface area contributed by atoms with Crippen molar-refractivity contribution in [3.8, 4) is 0 Å².